The molecule has 0 aromatic carbocycles. The maximum absolute atomic E-state index is 12.8. The van der Waals surface area contributed by atoms with Gasteiger partial charge < -0.3 is 4.74 Å². The van der Waals surface area contributed by atoms with E-state index in [0.29, 0.717) is 25.5 Å². The summed E-state index contributed by atoms with van der Waals surface area (Å²) in [6, 6.07) is 5.55. The molecule has 15 heavy (non-hydrogen) atoms. The van der Waals surface area contributed by atoms with E-state index in [2.05, 4.69) is 9.88 Å². The van der Waals surface area contributed by atoms with Gasteiger partial charge in [-0.15, -0.1) is 0 Å². The van der Waals surface area contributed by atoms with E-state index in [-0.39, 0.29) is 0 Å². The van der Waals surface area contributed by atoms with Crippen molar-refractivity contribution in [1.82, 2.24) is 9.88 Å². The lowest BCUT2D eigenvalue weighted by Crippen LogP contribution is -2.26. The number of likely N-dealkylation sites (tertiary alicyclic amines) is 1. The van der Waals surface area contributed by atoms with Crippen LogP contribution in [0.4, 0.5) is 4.39 Å². The van der Waals surface area contributed by atoms with Crippen LogP contribution in [0, 0.1) is 0 Å². The van der Waals surface area contributed by atoms with E-state index in [1.54, 1.807) is 6.20 Å². The van der Waals surface area contributed by atoms with Crippen molar-refractivity contribution in [2.24, 2.45) is 0 Å². The molecule has 2 heterocycles. The minimum absolute atomic E-state index is 0.547. The van der Waals surface area contributed by atoms with Crippen LogP contribution < -0.4 is 4.74 Å². The molecule has 0 aliphatic carbocycles. The average Bonchev–Trinajstić information content (AvgIpc) is 2.66. The van der Waals surface area contributed by atoms with Gasteiger partial charge in [0.2, 0.25) is 5.88 Å². The summed E-state index contributed by atoms with van der Waals surface area (Å²) in [4.78, 5) is 6.12. The maximum Gasteiger partial charge on any atom is 0.213 e. The van der Waals surface area contributed by atoms with Crippen molar-refractivity contribution in [2.45, 2.75) is 12.6 Å². The number of aromatic nitrogens is 1. The van der Waals surface area contributed by atoms with Gasteiger partial charge in [0.25, 0.3) is 0 Å². The molecule has 1 aromatic rings. The highest BCUT2D eigenvalue weighted by molar-refractivity contribution is 5.08. The smallest absolute Gasteiger partial charge is 0.213 e. The van der Waals surface area contributed by atoms with Crippen LogP contribution in [-0.2, 0) is 0 Å². The van der Waals surface area contributed by atoms with Gasteiger partial charge in [0.1, 0.15) is 12.8 Å². The Balaban J connectivity index is 1.67. The van der Waals surface area contributed by atoms with E-state index < -0.39 is 6.17 Å². The van der Waals surface area contributed by atoms with Gasteiger partial charge in [-0.1, -0.05) is 6.07 Å². The van der Waals surface area contributed by atoms with E-state index in [1.807, 2.05) is 18.2 Å². The molecular formula is C11H15FN2O. The second-order valence-electron chi connectivity index (χ2n) is 3.70. The van der Waals surface area contributed by atoms with Crippen LogP contribution in [0.15, 0.2) is 24.4 Å². The number of hydrogen-bond donors (Lipinski definition) is 0. The molecule has 3 nitrogen and oxygen atoms in total. The molecule has 82 valence electrons. The number of alkyl halides is 1. The van der Waals surface area contributed by atoms with Crippen LogP contribution in [0.25, 0.3) is 0 Å². The van der Waals surface area contributed by atoms with Crippen molar-refractivity contribution in [3.63, 3.8) is 0 Å². The zero-order valence-corrected chi connectivity index (χ0v) is 8.60. The third-order valence-corrected chi connectivity index (χ3v) is 2.51. The highest BCUT2D eigenvalue weighted by atomic mass is 19.1. The van der Waals surface area contributed by atoms with Crippen molar-refractivity contribution in [3.05, 3.63) is 24.4 Å². The van der Waals surface area contributed by atoms with Crippen molar-refractivity contribution in [1.29, 1.82) is 0 Å². The number of nitrogens with zero attached hydrogens (tertiary/aromatic N) is 2. The molecular weight excluding hydrogens is 195 g/mol. The first-order chi connectivity index (χ1) is 7.34. The number of pyridine rings is 1. The lowest BCUT2D eigenvalue weighted by Gasteiger charge is -2.14. The van der Waals surface area contributed by atoms with Crippen LogP contribution in [0.5, 0.6) is 5.88 Å². The second-order valence-corrected chi connectivity index (χ2v) is 3.70. The van der Waals surface area contributed by atoms with Gasteiger partial charge in [-0.2, -0.15) is 0 Å². The van der Waals surface area contributed by atoms with E-state index in [4.69, 9.17) is 4.74 Å². The molecule has 0 amide bonds. The first kappa shape index (κ1) is 10.4. The van der Waals surface area contributed by atoms with Gasteiger partial charge in [0.05, 0.1) is 0 Å². The lowest BCUT2D eigenvalue weighted by molar-refractivity contribution is 0.220. The largest absolute Gasteiger partial charge is 0.476 e. The van der Waals surface area contributed by atoms with Gasteiger partial charge in [-0.05, 0) is 12.5 Å². The third-order valence-electron chi connectivity index (χ3n) is 2.51. The minimum Gasteiger partial charge on any atom is -0.476 e. The van der Waals surface area contributed by atoms with E-state index >= 15 is 0 Å². The zero-order valence-electron chi connectivity index (χ0n) is 8.60. The number of hydrogen-bond acceptors (Lipinski definition) is 3. The Bertz CT molecular complexity index is 294. The van der Waals surface area contributed by atoms with Crippen LogP contribution in [-0.4, -0.2) is 42.3 Å². The van der Waals surface area contributed by atoms with E-state index in [1.165, 1.54) is 0 Å². The minimum atomic E-state index is -0.653. The Kier molecular flexibility index (Phi) is 3.50. The lowest BCUT2D eigenvalue weighted by atomic mass is 10.3. The topological polar surface area (TPSA) is 25.4 Å². The van der Waals surface area contributed by atoms with Gasteiger partial charge >= 0.3 is 0 Å². The average molecular weight is 210 g/mol. The van der Waals surface area contributed by atoms with Crippen molar-refractivity contribution in [2.75, 3.05) is 26.2 Å². The van der Waals surface area contributed by atoms with Crippen LogP contribution in [0.2, 0.25) is 0 Å². The normalized spacial score (nSPS) is 21.8. The third kappa shape index (κ3) is 3.16. The number of halogens is 1. The Morgan fingerprint density at radius 3 is 3.13 bits per heavy atom. The summed E-state index contributed by atoms with van der Waals surface area (Å²) in [5, 5.41) is 0. The van der Waals surface area contributed by atoms with Crippen LogP contribution >= 0.6 is 0 Å². The first-order valence-corrected chi connectivity index (χ1v) is 5.25. The standard InChI is InChI=1S/C11H15FN2O/c12-10-4-6-14(9-10)7-8-15-11-3-1-2-5-13-11/h1-3,5,10H,4,6-9H2. The van der Waals surface area contributed by atoms with Crippen molar-refractivity contribution >= 4 is 0 Å². The van der Waals surface area contributed by atoms with Crippen LogP contribution in [0.3, 0.4) is 0 Å². The summed E-state index contributed by atoms with van der Waals surface area (Å²) in [7, 11) is 0. The highest BCUT2D eigenvalue weighted by Gasteiger charge is 2.20. The summed E-state index contributed by atoms with van der Waals surface area (Å²) < 4.78 is 18.3. The number of rotatable bonds is 4. The molecule has 0 radical (unpaired) electrons. The monoisotopic (exact) mass is 210 g/mol. The maximum atomic E-state index is 12.8. The molecule has 2 rings (SSSR count). The molecule has 1 aliphatic rings. The zero-order chi connectivity index (χ0) is 10.5. The van der Waals surface area contributed by atoms with Gasteiger partial charge in [0, 0.05) is 31.9 Å². The summed E-state index contributed by atoms with van der Waals surface area (Å²) in [6.07, 6.45) is 1.70. The molecule has 0 spiro atoms. The second kappa shape index (κ2) is 5.07. The fourth-order valence-electron chi connectivity index (χ4n) is 1.70. The summed E-state index contributed by atoms with van der Waals surface area (Å²) in [5.41, 5.74) is 0. The molecule has 4 heteroatoms. The predicted octanol–water partition coefficient (Wildman–Crippen LogP) is 1.50. The van der Waals surface area contributed by atoms with Crippen molar-refractivity contribution < 1.29 is 9.13 Å². The molecule has 1 aromatic heterocycles. The molecule has 0 bridgehead atoms. The molecule has 1 unspecified atom stereocenters. The SMILES string of the molecule is FC1CCN(CCOc2ccccn2)C1. The highest BCUT2D eigenvalue weighted by Crippen LogP contribution is 2.11. The summed E-state index contributed by atoms with van der Waals surface area (Å²) in [6.45, 7) is 2.74. The van der Waals surface area contributed by atoms with Gasteiger partial charge in [-0.3, -0.25) is 4.90 Å². The van der Waals surface area contributed by atoms with E-state index in [0.717, 1.165) is 13.1 Å². The number of ether oxygens (including phenoxy) is 1. The molecule has 1 atom stereocenters. The fourth-order valence-corrected chi connectivity index (χ4v) is 1.70. The molecule has 1 saturated heterocycles. The van der Waals surface area contributed by atoms with E-state index in [9.17, 15) is 4.39 Å². The van der Waals surface area contributed by atoms with Gasteiger partial charge in [0.15, 0.2) is 0 Å². The predicted molar refractivity (Wildman–Crippen MR) is 55.7 cm³/mol. The van der Waals surface area contributed by atoms with Crippen LogP contribution in [0.1, 0.15) is 6.42 Å². The Labute approximate surface area is 88.9 Å². The first-order valence-electron chi connectivity index (χ1n) is 5.25. The molecule has 0 saturated carbocycles. The Hall–Kier alpha value is -1.16. The molecule has 1 aliphatic heterocycles. The molecule has 1 fully saturated rings. The Morgan fingerprint density at radius 2 is 2.47 bits per heavy atom. The summed E-state index contributed by atoms with van der Waals surface area (Å²) >= 11 is 0. The molecule has 0 N–H and O–H groups in total. The summed E-state index contributed by atoms with van der Waals surface area (Å²) in [5.74, 6) is 0.633. The van der Waals surface area contributed by atoms with Crippen molar-refractivity contribution in [3.8, 4) is 5.88 Å². The fraction of sp³-hybridized carbons (Fsp3) is 0.545. The van der Waals surface area contributed by atoms with Gasteiger partial charge in [-0.25, -0.2) is 9.37 Å². The Morgan fingerprint density at radius 1 is 1.53 bits per heavy atom. The quantitative estimate of drug-likeness (QED) is 0.753.